The monoisotopic (exact) mass is 304 g/mol. The first-order valence-corrected chi connectivity index (χ1v) is 7.56. The summed E-state index contributed by atoms with van der Waals surface area (Å²) in [5, 5.41) is 15.3. The number of nitrogens with zero attached hydrogens (tertiary/aromatic N) is 1. The van der Waals surface area contributed by atoms with E-state index in [0.29, 0.717) is 6.61 Å². The van der Waals surface area contributed by atoms with Crippen LogP contribution in [0.3, 0.4) is 0 Å². The summed E-state index contributed by atoms with van der Waals surface area (Å²) in [5.41, 5.74) is 1.02. The van der Waals surface area contributed by atoms with Gasteiger partial charge >= 0.3 is 5.97 Å². The number of hydrogen-bond acceptors (Lipinski definition) is 5. The highest BCUT2D eigenvalue weighted by molar-refractivity contribution is 7.14. The molecule has 3 rings (SSSR count). The van der Waals surface area contributed by atoms with E-state index in [-0.39, 0.29) is 12.6 Å². The highest BCUT2D eigenvalue weighted by Crippen LogP contribution is 2.33. The molecule has 2 aromatic rings. The van der Waals surface area contributed by atoms with Crippen LogP contribution < -0.4 is 5.32 Å². The van der Waals surface area contributed by atoms with Gasteiger partial charge in [0.2, 0.25) is 0 Å². The van der Waals surface area contributed by atoms with Crippen molar-refractivity contribution in [1.29, 1.82) is 0 Å². The van der Waals surface area contributed by atoms with Gasteiger partial charge in [-0.2, -0.15) is 0 Å². The second kappa shape index (κ2) is 5.46. The summed E-state index contributed by atoms with van der Waals surface area (Å²) in [6.45, 7) is 2.30. The van der Waals surface area contributed by atoms with Crippen molar-refractivity contribution in [3.05, 3.63) is 35.7 Å². The van der Waals surface area contributed by atoms with E-state index in [1.54, 1.807) is 6.92 Å². The van der Waals surface area contributed by atoms with Crippen molar-refractivity contribution in [2.75, 3.05) is 18.5 Å². The number of benzene rings is 1. The van der Waals surface area contributed by atoms with Gasteiger partial charge < -0.3 is 15.2 Å². The van der Waals surface area contributed by atoms with Crippen LogP contribution in [0.4, 0.5) is 5.13 Å². The largest absolute Gasteiger partial charge is 0.481 e. The summed E-state index contributed by atoms with van der Waals surface area (Å²) in [4.78, 5) is 15.9. The van der Waals surface area contributed by atoms with E-state index < -0.39 is 11.4 Å². The Morgan fingerprint density at radius 3 is 2.95 bits per heavy atom. The average molecular weight is 304 g/mol. The van der Waals surface area contributed by atoms with Gasteiger partial charge in [-0.3, -0.25) is 4.79 Å². The Kier molecular flexibility index (Phi) is 3.65. The number of carboxylic acids is 1. The number of thiazole rings is 1. The van der Waals surface area contributed by atoms with Gasteiger partial charge in [-0.25, -0.2) is 4.98 Å². The van der Waals surface area contributed by atoms with E-state index >= 15 is 0 Å². The molecule has 5 nitrogen and oxygen atoms in total. The first kappa shape index (κ1) is 14.0. The number of aromatic nitrogens is 1. The Balaban J connectivity index is 1.77. The Morgan fingerprint density at radius 2 is 2.24 bits per heavy atom. The minimum Gasteiger partial charge on any atom is -0.481 e. The summed E-state index contributed by atoms with van der Waals surface area (Å²) in [5.74, 6) is -0.850. The van der Waals surface area contributed by atoms with Crippen molar-refractivity contribution in [2.45, 2.75) is 13.0 Å². The van der Waals surface area contributed by atoms with Crippen LogP contribution in [-0.4, -0.2) is 35.3 Å². The maximum atomic E-state index is 11.4. The van der Waals surface area contributed by atoms with E-state index in [9.17, 15) is 9.90 Å². The number of aliphatic carboxylic acids is 1. The summed E-state index contributed by atoms with van der Waals surface area (Å²) in [6, 6.07) is 9.62. The molecular formula is C15H16N2O3S. The third-order valence-corrected chi connectivity index (χ3v) is 4.59. The predicted molar refractivity (Wildman–Crippen MR) is 81.5 cm³/mol. The van der Waals surface area contributed by atoms with Gasteiger partial charge in [0.1, 0.15) is 5.41 Å². The van der Waals surface area contributed by atoms with Gasteiger partial charge in [-0.15, -0.1) is 11.3 Å². The second-order valence-corrected chi connectivity index (χ2v) is 6.20. The van der Waals surface area contributed by atoms with Crippen molar-refractivity contribution in [2.24, 2.45) is 5.41 Å². The Bertz CT molecular complexity index is 643. The molecule has 1 aliphatic heterocycles. The molecule has 2 N–H and O–H groups in total. The lowest BCUT2D eigenvalue weighted by Crippen LogP contribution is -2.43. The molecule has 0 bridgehead atoms. The third kappa shape index (κ3) is 2.64. The number of rotatable bonds is 4. The first-order chi connectivity index (χ1) is 10.1. The molecule has 1 saturated heterocycles. The van der Waals surface area contributed by atoms with E-state index in [1.807, 2.05) is 35.7 Å². The van der Waals surface area contributed by atoms with Gasteiger partial charge in [0.05, 0.1) is 24.9 Å². The van der Waals surface area contributed by atoms with Gasteiger partial charge in [0.25, 0.3) is 0 Å². The second-order valence-electron chi connectivity index (χ2n) is 5.34. The summed E-state index contributed by atoms with van der Waals surface area (Å²) in [7, 11) is 0. The number of anilines is 1. The SMILES string of the molecule is CC1(C(=O)O)COCC1Nc1nc(-c2ccccc2)cs1. The molecule has 6 heteroatoms. The quantitative estimate of drug-likeness (QED) is 0.908. The van der Waals surface area contributed by atoms with Crippen molar-refractivity contribution in [1.82, 2.24) is 4.98 Å². The molecule has 110 valence electrons. The molecule has 1 fully saturated rings. The van der Waals surface area contributed by atoms with Crippen LogP contribution in [0.1, 0.15) is 6.92 Å². The van der Waals surface area contributed by atoms with Gasteiger partial charge in [-0.1, -0.05) is 30.3 Å². The van der Waals surface area contributed by atoms with Crippen LogP contribution >= 0.6 is 11.3 Å². The van der Waals surface area contributed by atoms with Crippen molar-refractivity contribution in [3.8, 4) is 11.3 Å². The van der Waals surface area contributed by atoms with E-state index in [1.165, 1.54) is 11.3 Å². The standard InChI is InChI=1S/C15H16N2O3S/c1-15(13(18)19)9-20-7-12(15)17-14-16-11(8-21-14)10-5-3-2-4-6-10/h2-6,8,12H,7,9H2,1H3,(H,16,17)(H,18,19). The number of ether oxygens (including phenoxy) is 1. The van der Waals surface area contributed by atoms with Crippen LogP contribution in [0.5, 0.6) is 0 Å². The number of carbonyl (C=O) groups is 1. The number of nitrogens with one attached hydrogen (secondary N) is 1. The molecule has 21 heavy (non-hydrogen) atoms. The molecule has 1 aromatic carbocycles. The Morgan fingerprint density at radius 1 is 1.48 bits per heavy atom. The Hall–Kier alpha value is -1.92. The highest BCUT2D eigenvalue weighted by Gasteiger charge is 2.47. The van der Waals surface area contributed by atoms with Crippen LogP contribution in [0.25, 0.3) is 11.3 Å². The van der Waals surface area contributed by atoms with Crippen molar-refractivity contribution < 1.29 is 14.6 Å². The normalized spacial score (nSPS) is 24.9. The smallest absolute Gasteiger partial charge is 0.313 e. The van der Waals surface area contributed by atoms with Crippen LogP contribution in [0.15, 0.2) is 35.7 Å². The topological polar surface area (TPSA) is 71.5 Å². The molecule has 0 radical (unpaired) electrons. The van der Waals surface area contributed by atoms with E-state index in [2.05, 4.69) is 10.3 Å². The lowest BCUT2D eigenvalue weighted by molar-refractivity contribution is -0.148. The summed E-state index contributed by atoms with van der Waals surface area (Å²) >= 11 is 1.47. The molecule has 0 aliphatic carbocycles. The molecule has 2 atom stereocenters. The summed E-state index contributed by atoms with van der Waals surface area (Å²) in [6.07, 6.45) is 0. The zero-order valence-corrected chi connectivity index (χ0v) is 12.4. The Labute approximate surface area is 126 Å². The zero-order chi connectivity index (χ0) is 14.9. The molecular weight excluding hydrogens is 288 g/mol. The third-order valence-electron chi connectivity index (χ3n) is 3.82. The fourth-order valence-electron chi connectivity index (χ4n) is 2.32. The molecule has 0 amide bonds. The van der Waals surface area contributed by atoms with E-state index in [4.69, 9.17) is 4.74 Å². The van der Waals surface area contributed by atoms with E-state index in [0.717, 1.165) is 16.4 Å². The van der Waals surface area contributed by atoms with Gasteiger partial charge in [-0.05, 0) is 6.92 Å². The van der Waals surface area contributed by atoms with Gasteiger partial charge in [0.15, 0.2) is 5.13 Å². The fourth-order valence-corrected chi connectivity index (χ4v) is 3.09. The minimum absolute atomic E-state index is 0.219. The number of hydrogen-bond donors (Lipinski definition) is 2. The van der Waals surface area contributed by atoms with Crippen molar-refractivity contribution >= 4 is 22.4 Å². The summed E-state index contributed by atoms with van der Waals surface area (Å²) < 4.78 is 5.33. The van der Waals surface area contributed by atoms with Crippen LogP contribution in [0, 0.1) is 5.41 Å². The number of carboxylic acid groups (broad SMARTS) is 1. The zero-order valence-electron chi connectivity index (χ0n) is 11.6. The fraction of sp³-hybridized carbons (Fsp3) is 0.333. The molecule has 0 saturated carbocycles. The lowest BCUT2D eigenvalue weighted by Gasteiger charge is -2.25. The van der Waals surface area contributed by atoms with Gasteiger partial charge in [0, 0.05) is 10.9 Å². The minimum atomic E-state index is -0.918. The van der Waals surface area contributed by atoms with Crippen molar-refractivity contribution in [3.63, 3.8) is 0 Å². The average Bonchev–Trinajstić information content (AvgIpc) is 3.09. The lowest BCUT2D eigenvalue weighted by atomic mass is 9.85. The molecule has 2 unspecified atom stereocenters. The highest BCUT2D eigenvalue weighted by atomic mass is 32.1. The maximum absolute atomic E-state index is 11.4. The van der Waals surface area contributed by atoms with Crippen LogP contribution in [-0.2, 0) is 9.53 Å². The molecule has 1 aromatic heterocycles. The molecule has 1 aliphatic rings. The van der Waals surface area contributed by atoms with Crippen LogP contribution in [0.2, 0.25) is 0 Å². The molecule has 0 spiro atoms. The maximum Gasteiger partial charge on any atom is 0.313 e. The molecule has 2 heterocycles. The first-order valence-electron chi connectivity index (χ1n) is 6.68. The predicted octanol–water partition coefficient (Wildman–Crippen LogP) is 2.71.